The van der Waals surface area contributed by atoms with E-state index in [0.29, 0.717) is 0 Å². The Hall–Kier alpha value is -1.32. The third kappa shape index (κ3) is 2.99. The maximum absolute atomic E-state index is 5.49. The zero-order chi connectivity index (χ0) is 14.7. The zero-order valence-electron chi connectivity index (χ0n) is 12.8. The Bertz CT molecular complexity index is 571. The van der Waals surface area contributed by atoms with E-state index in [1.807, 2.05) is 6.07 Å². The van der Waals surface area contributed by atoms with Crippen LogP contribution in [0.2, 0.25) is 0 Å². The van der Waals surface area contributed by atoms with Gasteiger partial charge in [0.25, 0.3) is 0 Å². The lowest BCUT2D eigenvalue weighted by molar-refractivity contribution is 0.407. The van der Waals surface area contributed by atoms with Gasteiger partial charge in [-0.2, -0.15) is 0 Å². The van der Waals surface area contributed by atoms with Crippen LogP contribution in [0.15, 0.2) is 35.7 Å². The van der Waals surface area contributed by atoms with E-state index in [4.69, 9.17) is 4.74 Å². The van der Waals surface area contributed by atoms with E-state index in [9.17, 15) is 0 Å². The summed E-state index contributed by atoms with van der Waals surface area (Å²) in [7, 11) is 1.74. The minimum absolute atomic E-state index is 0.223. The summed E-state index contributed by atoms with van der Waals surface area (Å²) in [5.41, 5.74) is 2.82. The summed E-state index contributed by atoms with van der Waals surface area (Å²) in [6, 6.07) is 11.4. The quantitative estimate of drug-likeness (QED) is 0.833. The Morgan fingerprint density at radius 1 is 1.24 bits per heavy atom. The highest BCUT2D eigenvalue weighted by molar-refractivity contribution is 7.10. The summed E-state index contributed by atoms with van der Waals surface area (Å²) >= 11 is 1.76. The van der Waals surface area contributed by atoms with Gasteiger partial charge in [-0.25, -0.2) is 0 Å². The molecule has 1 atom stereocenters. The Morgan fingerprint density at radius 3 is 2.57 bits per heavy atom. The van der Waals surface area contributed by atoms with Crippen LogP contribution in [-0.4, -0.2) is 13.7 Å². The summed E-state index contributed by atoms with van der Waals surface area (Å²) in [4.78, 5) is 1.26. The molecule has 1 N–H and O–H groups in total. The van der Waals surface area contributed by atoms with Crippen LogP contribution in [0, 0.1) is 0 Å². The minimum atomic E-state index is 0.223. The number of rotatable bonds is 6. The number of benzene rings is 1. The molecule has 0 aliphatic heterocycles. The largest absolute Gasteiger partial charge is 0.496 e. The molecule has 3 heteroatoms. The van der Waals surface area contributed by atoms with Crippen molar-refractivity contribution in [2.75, 3.05) is 13.7 Å². The highest BCUT2D eigenvalue weighted by Gasteiger charge is 2.21. The predicted molar refractivity (Wildman–Crippen MR) is 89.4 cm³/mol. The maximum Gasteiger partial charge on any atom is 0.134 e. The second-order valence-corrected chi connectivity index (χ2v) is 6.59. The van der Waals surface area contributed by atoms with E-state index in [2.05, 4.69) is 41.9 Å². The molecule has 1 aromatic carbocycles. The van der Waals surface area contributed by atoms with E-state index >= 15 is 0 Å². The fraction of sp³-hybridized carbons (Fsp3) is 0.444. The highest BCUT2D eigenvalue weighted by Crippen LogP contribution is 2.38. The van der Waals surface area contributed by atoms with Crippen LogP contribution in [0.3, 0.4) is 0 Å². The van der Waals surface area contributed by atoms with Crippen molar-refractivity contribution in [2.45, 2.75) is 38.1 Å². The zero-order valence-corrected chi connectivity index (χ0v) is 13.6. The first-order valence-corrected chi connectivity index (χ1v) is 8.66. The van der Waals surface area contributed by atoms with E-state index in [0.717, 1.165) is 18.2 Å². The van der Waals surface area contributed by atoms with Crippen molar-refractivity contribution in [1.29, 1.82) is 0 Å². The van der Waals surface area contributed by atoms with Crippen molar-refractivity contribution in [1.82, 2.24) is 5.32 Å². The van der Waals surface area contributed by atoms with Crippen molar-refractivity contribution in [3.63, 3.8) is 0 Å². The number of hydrogen-bond acceptors (Lipinski definition) is 3. The van der Waals surface area contributed by atoms with Crippen LogP contribution in [0.25, 0.3) is 0 Å². The van der Waals surface area contributed by atoms with Crippen molar-refractivity contribution < 1.29 is 4.74 Å². The molecule has 1 fully saturated rings. The monoisotopic (exact) mass is 301 g/mol. The fourth-order valence-electron chi connectivity index (χ4n) is 2.96. The van der Waals surface area contributed by atoms with Gasteiger partial charge >= 0.3 is 0 Å². The molecule has 1 aliphatic carbocycles. The molecule has 2 nitrogen and oxygen atoms in total. The third-order valence-electron chi connectivity index (χ3n) is 4.39. The van der Waals surface area contributed by atoms with Gasteiger partial charge in [0, 0.05) is 0 Å². The summed E-state index contributed by atoms with van der Waals surface area (Å²) in [5, 5.41) is 5.68. The van der Waals surface area contributed by atoms with Crippen LogP contribution >= 0.6 is 11.3 Å². The Balaban J connectivity index is 1.86. The Kier molecular flexibility index (Phi) is 4.61. The molecule has 1 heterocycles. The molecule has 0 spiro atoms. The van der Waals surface area contributed by atoms with Crippen LogP contribution < -0.4 is 10.1 Å². The molecule has 1 aromatic heterocycles. The van der Waals surface area contributed by atoms with Gasteiger partial charge in [0.2, 0.25) is 0 Å². The lowest BCUT2D eigenvalue weighted by atomic mass is 9.80. The second kappa shape index (κ2) is 6.63. The molecule has 0 radical (unpaired) electrons. The smallest absolute Gasteiger partial charge is 0.134 e. The number of hydrogen-bond donors (Lipinski definition) is 1. The molecule has 1 saturated carbocycles. The Labute approximate surface area is 131 Å². The van der Waals surface area contributed by atoms with Gasteiger partial charge in [-0.15, -0.1) is 11.3 Å². The molecule has 112 valence electrons. The number of methoxy groups -OCH3 is 1. The summed E-state index contributed by atoms with van der Waals surface area (Å²) in [6.45, 7) is 3.09. The summed E-state index contributed by atoms with van der Waals surface area (Å²) in [5.74, 6) is 1.78. The molecule has 0 saturated heterocycles. The fourth-order valence-corrected chi connectivity index (χ4v) is 3.92. The summed E-state index contributed by atoms with van der Waals surface area (Å²) in [6.07, 6.45) is 4.10. The molecule has 21 heavy (non-hydrogen) atoms. The van der Waals surface area contributed by atoms with Gasteiger partial charge in [0.05, 0.1) is 18.0 Å². The molecule has 2 aromatic rings. The van der Waals surface area contributed by atoms with Crippen LogP contribution in [0.4, 0.5) is 0 Å². The van der Waals surface area contributed by atoms with Crippen molar-refractivity contribution >= 4 is 11.3 Å². The van der Waals surface area contributed by atoms with Gasteiger partial charge in [-0.1, -0.05) is 37.6 Å². The normalized spacial score (nSPS) is 16.5. The molecule has 0 bridgehead atoms. The number of thiophene rings is 1. The third-order valence-corrected chi connectivity index (χ3v) is 5.36. The maximum atomic E-state index is 5.49. The predicted octanol–water partition coefficient (Wildman–Crippen LogP) is 4.72. The van der Waals surface area contributed by atoms with Gasteiger partial charge in [-0.3, -0.25) is 0 Å². The molecule has 0 amide bonds. The SMILES string of the molecule is CCNC(c1ccc(C2CCC2)cc1)c1sccc1OC. The second-order valence-electron chi connectivity index (χ2n) is 5.64. The minimum Gasteiger partial charge on any atom is -0.496 e. The average Bonchev–Trinajstić information content (AvgIpc) is 2.92. The van der Waals surface area contributed by atoms with E-state index in [-0.39, 0.29) is 6.04 Å². The van der Waals surface area contributed by atoms with E-state index in [1.165, 1.54) is 35.3 Å². The Morgan fingerprint density at radius 2 is 2.00 bits per heavy atom. The average molecular weight is 301 g/mol. The molecule has 1 aliphatic rings. The standard InChI is InChI=1S/C18H23NOS/c1-3-19-17(18-16(20-2)11-12-21-18)15-9-7-14(8-10-15)13-5-4-6-13/h7-13,17,19H,3-6H2,1-2H3. The molecule has 1 unspecified atom stereocenters. The molecule has 3 rings (SSSR count). The lowest BCUT2D eigenvalue weighted by Gasteiger charge is -2.26. The first kappa shape index (κ1) is 14.6. The van der Waals surface area contributed by atoms with Crippen LogP contribution in [0.1, 0.15) is 54.1 Å². The first-order chi connectivity index (χ1) is 10.3. The number of nitrogens with one attached hydrogen (secondary N) is 1. The molecular weight excluding hydrogens is 278 g/mol. The topological polar surface area (TPSA) is 21.3 Å². The van der Waals surface area contributed by atoms with Crippen LogP contribution in [0.5, 0.6) is 5.75 Å². The number of ether oxygens (including phenoxy) is 1. The first-order valence-electron chi connectivity index (χ1n) is 7.78. The molecular formula is C18H23NOS. The highest BCUT2D eigenvalue weighted by atomic mass is 32.1. The van der Waals surface area contributed by atoms with Gasteiger partial charge in [-0.05, 0) is 47.9 Å². The van der Waals surface area contributed by atoms with E-state index < -0.39 is 0 Å². The van der Waals surface area contributed by atoms with Gasteiger partial charge in [0.1, 0.15) is 5.75 Å². The van der Waals surface area contributed by atoms with Crippen molar-refractivity contribution in [2.24, 2.45) is 0 Å². The van der Waals surface area contributed by atoms with Crippen molar-refractivity contribution in [3.05, 3.63) is 51.7 Å². The van der Waals surface area contributed by atoms with E-state index in [1.54, 1.807) is 18.4 Å². The van der Waals surface area contributed by atoms with Crippen LogP contribution in [-0.2, 0) is 0 Å². The lowest BCUT2D eigenvalue weighted by Crippen LogP contribution is -2.21. The van der Waals surface area contributed by atoms with Crippen molar-refractivity contribution in [3.8, 4) is 5.75 Å². The van der Waals surface area contributed by atoms with Gasteiger partial charge < -0.3 is 10.1 Å². The van der Waals surface area contributed by atoms with Gasteiger partial charge in [0.15, 0.2) is 0 Å². The summed E-state index contributed by atoms with van der Waals surface area (Å²) < 4.78 is 5.49.